The molecule has 0 fully saturated rings. The molecule has 1 amide bonds. The summed E-state index contributed by atoms with van der Waals surface area (Å²) >= 11 is 0. The van der Waals surface area contributed by atoms with Crippen LogP contribution in [0.1, 0.15) is 20.8 Å². The van der Waals surface area contributed by atoms with Crippen LogP contribution in [-0.4, -0.2) is 21.5 Å². The fourth-order valence-corrected chi connectivity index (χ4v) is 0.907. The van der Waals surface area contributed by atoms with Crippen LogP contribution in [0, 0.1) is 0 Å². The van der Waals surface area contributed by atoms with Gasteiger partial charge in [0.1, 0.15) is 11.4 Å². The first kappa shape index (κ1) is 11.3. The number of alkyl carbamates (subject to hydrolysis) is 1. The van der Waals surface area contributed by atoms with Crippen LogP contribution in [0.2, 0.25) is 0 Å². The maximum atomic E-state index is 11.3. The lowest BCUT2D eigenvalue weighted by molar-refractivity contribution is 0.0555. The summed E-state index contributed by atoms with van der Waals surface area (Å²) in [4.78, 5) is 11.3. The van der Waals surface area contributed by atoms with Crippen molar-refractivity contribution in [1.82, 2.24) is 15.1 Å². The standard InChI is InChI=1S/C10H15N3O2/c1-8(13-7-5-6-11-13)12-9(14)15-10(2,3)4/h5-7H,1H2,2-4H3,(H,12,14). The lowest BCUT2D eigenvalue weighted by atomic mass is 10.2. The Balaban J connectivity index is 2.50. The van der Waals surface area contributed by atoms with E-state index in [1.165, 1.54) is 4.68 Å². The van der Waals surface area contributed by atoms with Crippen molar-refractivity contribution in [3.63, 3.8) is 0 Å². The van der Waals surface area contributed by atoms with Gasteiger partial charge >= 0.3 is 6.09 Å². The predicted octanol–water partition coefficient (Wildman–Crippen LogP) is 1.84. The van der Waals surface area contributed by atoms with Gasteiger partial charge in [-0.1, -0.05) is 6.58 Å². The topological polar surface area (TPSA) is 56.1 Å². The SMILES string of the molecule is C=C(NC(=O)OC(C)(C)C)n1cccn1. The van der Waals surface area contributed by atoms with Crippen molar-refractivity contribution in [3.05, 3.63) is 25.0 Å². The number of carbonyl (C=O) groups is 1. The summed E-state index contributed by atoms with van der Waals surface area (Å²) in [6.45, 7) is 9.04. The number of nitrogens with zero attached hydrogens (tertiary/aromatic N) is 2. The van der Waals surface area contributed by atoms with Crippen molar-refractivity contribution in [3.8, 4) is 0 Å². The van der Waals surface area contributed by atoms with Crippen LogP contribution in [0.4, 0.5) is 4.79 Å². The number of rotatable bonds is 2. The Labute approximate surface area is 88.7 Å². The third-order valence-corrected chi connectivity index (χ3v) is 1.43. The van der Waals surface area contributed by atoms with E-state index in [4.69, 9.17) is 4.74 Å². The predicted molar refractivity (Wildman–Crippen MR) is 56.9 cm³/mol. The number of aromatic nitrogens is 2. The minimum atomic E-state index is -0.539. The third kappa shape index (κ3) is 3.84. The number of ether oxygens (including phenoxy) is 1. The van der Waals surface area contributed by atoms with Gasteiger partial charge in [-0.3, -0.25) is 5.32 Å². The zero-order chi connectivity index (χ0) is 11.5. The minimum Gasteiger partial charge on any atom is -0.444 e. The Morgan fingerprint density at radius 2 is 2.20 bits per heavy atom. The summed E-state index contributed by atoms with van der Waals surface area (Å²) in [6, 6.07) is 1.74. The number of hydrogen-bond donors (Lipinski definition) is 1. The number of hydrogen-bond acceptors (Lipinski definition) is 3. The highest BCUT2D eigenvalue weighted by Crippen LogP contribution is 2.07. The maximum Gasteiger partial charge on any atom is 0.413 e. The van der Waals surface area contributed by atoms with Gasteiger partial charge in [0.2, 0.25) is 0 Å². The van der Waals surface area contributed by atoms with Crippen LogP contribution < -0.4 is 5.32 Å². The van der Waals surface area contributed by atoms with E-state index in [9.17, 15) is 4.79 Å². The Hall–Kier alpha value is -1.78. The smallest absolute Gasteiger partial charge is 0.413 e. The second kappa shape index (κ2) is 4.16. The van der Waals surface area contributed by atoms with Crippen LogP contribution in [0.15, 0.2) is 25.0 Å². The molecule has 1 N–H and O–H groups in total. The highest BCUT2D eigenvalue weighted by atomic mass is 16.6. The Morgan fingerprint density at radius 1 is 1.53 bits per heavy atom. The lowest BCUT2D eigenvalue weighted by Crippen LogP contribution is -2.32. The molecule has 82 valence electrons. The summed E-state index contributed by atoms with van der Waals surface area (Å²) in [5, 5.41) is 6.40. The van der Waals surface area contributed by atoms with Gasteiger partial charge in [-0.05, 0) is 26.8 Å². The van der Waals surface area contributed by atoms with Crippen molar-refractivity contribution < 1.29 is 9.53 Å². The zero-order valence-corrected chi connectivity index (χ0v) is 9.15. The van der Waals surface area contributed by atoms with Gasteiger partial charge in [0.15, 0.2) is 0 Å². The van der Waals surface area contributed by atoms with E-state index in [0.29, 0.717) is 5.82 Å². The molecule has 1 aromatic heterocycles. The molecule has 5 nitrogen and oxygen atoms in total. The molecule has 5 heteroatoms. The van der Waals surface area contributed by atoms with E-state index in [1.54, 1.807) is 39.2 Å². The average Bonchev–Trinajstić information content (AvgIpc) is 2.50. The average molecular weight is 209 g/mol. The fraction of sp³-hybridized carbons (Fsp3) is 0.400. The molecule has 0 saturated carbocycles. The van der Waals surface area contributed by atoms with Gasteiger partial charge in [-0.25, -0.2) is 9.48 Å². The summed E-state index contributed by atoms with van der Waals surface area (Å²) in [5.41, 5.74) is -0.519. The van der Waals surface area contributed by atoms with E-state index in [-0.39, 0.29) is 0 Å². The second-order valence-electron chi connectivity index (χ2n) is 4.02. The maximum absolute atomic E-state index is 11.3. The van der Waals surface area contributed by atoms with E-state index < -0.39 is 11.7 Å². The molecule has 0 spiro atoms. The third-order valence-electron chi connectivity index (χ3n) is 1.43. The first-order valence-electron chi connectivity index (χ1n) is 4.57. The molecule has 0 radical (unpaired) electrons. The molecule has 1 rings (SSSR count). The summed E-state index contributed by atoms with van der Waals surface area (Å²) in [5.74, 6) is 0.356. The molecule has 0 unspecified atom stereocenters. The van der Waals surface area contributed by atoms with Crippen LogP contribution >= 0.6 is 0 Å². The van der Waals surface area contributed by atoms with E-state index in [0.717, 1.165) is 0 Å². The van der Waals surface area contributed by atoms with Gasteiger partial charge in [0.25, 0.3) is 0 Å². The normalized spacial score (nSPS) is 10.9. The number of carbonyl (C=O) groups excluding carboxylic acids is 1. The largest absolute Gasteiger partial charge is 0.444 e. The molecule has 0 aliphatic heterocycles. The molecule has 1 heterocycles. The highest BCUT2D eigenvalue weighted by molar-refractivity contribution is 5.75. The first-order valence-corrected chi connectivity index (χ1v) is 4.57. The molecule has 1 aromatic rings. The summed E-state index contributed by atoms with van der Waals surface area (Å²) in [7, 11) is 0. The first-order chi connectivity index (χ1) is 6.88. The molecular weight excluding hydrogens is 194 g/mol. The quantitative estimate of drug-likeness (QED) is 0.808. The van der Waals surface area contributed by atoms with Crippen LogP contribution in [0.5, 0.6) is 0 Å². The monoisotopic (exact) mass is 209 g/mol. The van der Waals surface area contributed by atoms with E-state index >= 15 is 0 Å². The van der Waals surface area contributed by atoms with E-state index in [1.807, 2.05) is 0 Å². The minimum absolute atomic E-state index is 0.356. The van der Waals surface area contributed by atoms with Gasteiger partial charge in [0, 0.05) is 12.4 Å². The van der Waals surface area contributed by atoms with Crippen molar-refractivity contribution in [2.45, 2.75) is 26.4 Å². The van der Waals surface area contributed by atoms with Crippen molar-refractivity contribution in [1.29, 1.82) is 0 Å². The highest BCUT2D eigenvalue weighted by Gasteiger charge is 2.16. The summed E-state index contributed by atoms with van der Waals surface area (Å²) < 4.78 is 6.50. The van der Waals surface area contributed by atoms with Gasteiger partial charge in [0.05, 0.1) is 0 Å². The number of amides is 1. The van der Waals surface area contributed by atoms with Crippen LogP contribution in [0.3, 0.4) is 0 Å². The summed E-state index contributed by atoms with van der Waals surface area (Å²) in [6.07, 6.45) is 2.74. The Bertz CT molecular complexity index is 349. The van der Waals surface area contributed by atoms with Crippen molar-refractivity contribution >= 4 is 11.9 Å². The van der Waals surface area contributed by atoms with Crippen LogP contribution in [0.25, 0.3) is 5.82 Å². The zero-order valence-electron chi connectivity index (χ0n) is 9.15. The molecule has 0 bridgehead atoms. The molecule has 0 atom stereocenters. The van der Waals surface area contributed by atoms with Gasteiger partial charge < -0.3 is 4.74 Å². The second-order valence-corrected chi connectivity index (χ2v) is 4.02. The van der Waals surface area contributed by atoms with Crippen LogP contribution in [-0.2, 0) is 4.74 Å². The Kier molecular flexibility index (Phi) is 3.14. The fourth-order valence-electron chi connectivity index (χ4n) is 0.907. The molecule has 0 aliphatic rings. The molecule has 0 aliphatic carbocycles. The lowest BCUT2D eigenvalue weighted by Gasteiger charge is -2.20. The number of nitrogens with one attached hydrogen (secondary N) is 1. The molecule has 15 heavy (non-hydrogen) atoms. The van der Waals surface area contributed by atoms with Crippen molar-refractivity contribution in [2.24, 2.45) is 0 Å². The van der Waals surface area contributed by atoms with Gasteiger partial charge in [-0.15, -0.1) is 0 Å². The van der Waals surface area contributed by atoms with Gasteiger partial charge in [-0.2, -0.15) is 5.10 Å². The molecular formula is C10H15N3O2. The van der Waals surface area contributed by atoms with Crippen molar-refractivity contribution in [2.75, 3.05) is 0 Å². The molecule has 0 saturated heterocycles. The Morgan fingerprint density at radius 3 is 2.67 bits per heavy atom. The van der Waals surface area contributed by atoms with E-state index in [2.05, 4.69) is 17.0 Å². The molecule has 0 aromatic carbocycles.